The van der Waals surface area contributed by atoms with E-state index in [4.69, 9.17) is 0 Å². The lowest BCUT2D eigenvalue weighted by Gasteiger charge is -2.00. The Bertz CT molecular complexity index is 289. The summed E-state index contributed by atoms with van der Waals surface area (Å²) in [6.45, 7) is 0. The van der Waals surface area contributed by atoms with Crippen molar-refractivity contribution >= 4 is 6.21 Å². The van der Waals surface area contributed by atoms with Gasteiger partial charge in [-0.3, -0.25) is 0 Å². The van der Waals surface area contributed by atoms with Crippen LogP contribution in [0.1, 0.15) is 19.3 Å². The third kappa shape index (κ3) is 4.51. The van der Waals surface area contributed by atoms with Gasteiger partial charge in [-0.25, -0.2) is 0 Å². The van der Waals surface area contributed by atoms with Gasteiger partial charge in [-0.15, -0.1) is 5.92 Å². The van der Waals surface area contributed by atoms with Crippen molar-refractivity contribution in [1.82, 2.24) is 5.43 Å². The summed E-state index contributed by atoms with van der Waals surface area (Å²) in [5.74, 6) is 6.60. The maximum Gasteiger partial charge on any atom is 0.0607 e. The van der Waals surface area contributed by atoms with Gasteiger partial charge in [-0.2, -0.15) is 5.10 Å². The van der Waals surface area contributed by atoms with Crippen molar-refractivity contribution in [3.63, 3.8) is 0 Å². The van der Waals surface area contributed by atoms with Crippen LogP contribution in [0.3, 0.4) is 0 Å². The minimum absolute atomic E-state index is 0.241. The van der Waals surface area contributed by atoms with E-state index in [1.807, 2.05) is 6.21 Å². The van der Waals surface area contributed by atoms with E-state index >= 15 is 0 Å². The van der Waals surface area contributed by atoms with Crippen LogP contribution in [-0.2, 0) is 0 Å². The van der Waals surface area contributed by atoms with Gasteiger partial charge in [0, 0.05) is 19.7 Å². The van der Waals surface area contributed by atoms with E-state index in [0.29, 0.717) is 0 Å². The van der Waals surface area contributed by atoms with Crippen molar-refractivity contribution in [2.75, 3.05) is 7.05 Å². The first kappa shape index (κ1) is 10.6. The Balaban J connectivity index is 2.58. The fourth-order valence-corrected chi connectivity index (χ4v) is 1.16. The van der Waals surface area contributed by atoms with E-state index in [1.54, 1.807) is 7.05 Å². The Labute approximate surface area is 85.8 Å². The Morgan fingerprint density at radius 2 is 2.29 bits per heavy atom. The lowest BCUT2D eigenvalue weighted by molar-refractivity contribution is 0.860. The van der Waals surface area contributed by atoms with E-state index in [2.05, 4.69) is 46.7 Å². The highest BCUT2D eigenvalue weighted by Gasteiger charge is 1.97. The first-order valence-electron chi connectivity index (χ1n) is 4.93. The van der Waals surface area contributed by atoms with Crippen LogP contribution in [0.2, 0.25) is 0 Å². The second-order valence-electron chi connectivity index (χ2n) is 3.06. The molecule has 2 heteroatoms. The summed E-state index contributed by atoms with van der Waals surface area (Å²) in [6.07, 6.45) is 13.2. The fraction of sp³-hybridized carbons (Fsp3) is 0.417. The van der Waals surface area contributed by atoms with Gasteiger partial charge in [-0.1, -0.05) is 30.2 Å². The van der Waals surface area contributed by atoms with Crippen molar-refractivity contribution in [2.45, 2.75) is 19.3 Å². The zero-order valence-electron chi connectivity index (χ0n) is 8.53. The molecule has 0 aromatic heterocycles. The van der Waals surface area contributed by atoms with Gasteiger partial charge in [0.25, 0.3) is 0 Å². The molecule has 0 fully saturated rings. The zero-order valence-corrected chi connectivity index (χ0v) is 8.53. The third-order valence-corrected chi connectivity index (χ3v) is 1.88. The van der Waals surface area contributed by atoms with Gasteiger partial charge in [0.05, 0.1) is 5.92 Å². The van der Waals surface area contributed by atoms with Crippen LogP contribution in [0, 0.1) is 17.8 Å². The second-order valence-corrected chi connectivity index (χ2v) is 3.06. The largest absolute Gasteiger partial charge is 0.313 e. The molecule has 0 aromatic carbocycles. The van der Waals surface area contributed by atoms with Crippen molar-refractivity contribution in [3.8, 4) is 11.8 Å². The molecule has 0 aromatic rings. The Morgan fingerprint density at radius 1 is 1.43 bits per heavy atom. The molecule has 0 spiro atoms. The molecule has 0 saturated carbocycles. The maximum absolute atomic E-state index is 3.99. The molecule has 0 amide bonds. The summed E-state index contributed by atoms with van der Waals surface area (Å²) in [6, 6.07) is 0. The lowest BCUT2D eigenvalue weighted by atomic mass is 10.1. The fourth-order valence-electron chi connectivity index (χ4n) is 1.16. The molecule has 1 unspecified atom stereocenters. The molecule has 0 bridgehead atoms. The Kier molecular flexibility index (Phi) is 5.27. The summed E-state index contributed by atoms with van der Waals surface area (Å²) in [5, 5.41) is 3.99. The summed E-state index contributed by atoms with van der Waals surface area (Å²) < 4.78 is 0. The molecule has 0 aliphatic heterocycles. The summed E-state index contributed by atoms with van der Waals surface area (Å²) in [5.41, 5.74) is 2.74. The average Bonchev–Trinajstić information content (AvgIpc) is 2.23. The first-order valence-corrected chi connectivity index (χ1v) is 4.93. The molecule has 0 saturated heterocycles. The molecule has 14 heavy (non-hydrogen) atoms. The number of hydrazone groups is 1. The van der Waals surface area contributed by atoms with E-state index in [0.717, 1.165) is 19.3 Å². The van der Waals surface area contributed by atoms with E-state index in [9.17, 15) is 0 Å². The predicted octanol–water partition coefficient (Wildman–Crippen LogP) is 2.11. The smallest absolute Gasteiger partial charge is 0.0607 e. The number of hydrogen-bond acceptors (Lipinski definition) is 2. The molecule has 0 radical (unpaired) electrons. The highest BCUT2D eigenvalue weighted by molar-refractivity contribution is 5.65. The molecule has 74 valence electrons. The van der Waals surface area contributed by atoms with Gasteiger partial charge < -0.3 is 5.43 Å². The van der Waals surface area contributed by atoms with Crippen LogP contribution in [-0.4, -0.2) is 13.3 Å². The van der Waals surface area contributed by atoms with E-state index in [1.165, 1.54) is 0 Å². The predicted molar refractivity (Wildman–Crippen MR) is 60.9 cm³/mol. The van der Waals surface area contributed by atoms with Crippen molar-refractivity contribution in [3.05, 3.63) is 24.3 Å². The Hall–Kier alpha value is -1.49. The number of allylic oxidation sites excluding steroid dienone is 4. The highest BCUT2D eigenvalue weighted by atomic mass is 15.3. The van der Waals surface area contributed by atoms with Crippen LogP contribution < -0.4 is 5.43 Å². The van der Waals surface area contributed by atoms with Crippen molar-refractivity contribution in [2.24, 2.45) is 11.0 Å². The van der Waals surface area contributed by atoms with E-state index < -0.39 is 0 Å². The molecule has 2 nitrogen and oxygen atoms in total. The summed E-state index contributed by atoms with van der Waals surface area (Å²) >= 11 is 0. The quantitative estimate of drug-likeness (QED) is 0.400. The topological polar surface area (TPSA) is 24.4 Å². The maximum atomic E-state index is 3.99. The molecule has 0 heterocycles. The third-order valence-electron chi connectivity index (χ3n) is 1.88. The minimum Gasteiger partial charge on any atom is -0.313 e. The van der Waals surface area contributed by atoms with Crippen molar-refractivity contribution in [1.29, 1.82) is 0 Å². The van der Waals surface area contributed by atoms with Crippen molar-refractivity contribution < 1.29 is 0 Å². The minimum atomic E-state index is 0.241. The van der Waals surface area contributed by atoms with Gasteiger partial charge in [-0.05, 0) is 12.8 Å². The number of nitrogens with one attached hydrogen (secondary N) is 1. The standard InChI is InChI=1S/C12H16N2/c1-13-14-11-12-9-7-5-3-2-4-6-8-10-12/h2-3,5,7,11-13H,4,6,9H2,1H3/b3-2-,7-5+,14-11+. The molecular formula is C12H16N2. The molecular weight excluding hydrogens is 172 g/mol. The van der Waals surface area contributed by atoms with Crippen LogP contribution in [0.15, 0.2) is 29.4 Å². The average molecular weight is 188 g/mol. The molecule has 1 rings (SSSR count). The van der Waals surface area contributed by atoms with Crippen LogP contribution in [0.5, 0.6) is 0 Å². The van der Waals surface area contributed by atoms with Crippen LogP contribution >= 0.6 is 0 Å². The van der Waals surface area contributed by atoms with Gasteiger partial charge >= 0.3 is 0 Å². The van der Waals surface area contributed by atoms with Gasteiger partial charge in [0.2, 0.25) is 0 Å². The highest BCUT2D eigenvalue weighted by Crippen LogP contribution is 2.02. The first-order chi connectivity index (χ1) is 6.93. The molecule has 1 atom stereocenters. The summed E-state index contributed by atoms with van der Waals surface area (Å²) in [7, 11) is 1.79. The number of hydrogen-bond donors (Lipinski definition) is 1. The lowest BCUT2D eigenvalue weighted by Crippen LogP contribution is -2.02. The SMILES string of the molecule is CN/N=C/C1C#CCC/C=C\C=C\C1. The van der Waals surface area contributed by atoms with Gasteiger partial charge in [0.1, 0.15) is 0 Å². The zero-order chi connectivity index (χ0) is 10.1. The van der Waals surface area contributed by atoms with Gasteiger partial charge in [0.15, 0.2) is 0 Å². The molecule has 1 N–H and O–H groups in total. The number of rotatable bonds is 2. The van der Waals surface area contributed by atoms with Crippen LogP contribution in [0.4, 0.5) is 0 Å². The normalized spacial score (nSPS) is 26.2. The monoisotopic (exact) mass is 188 g/mol. The van der Waals surface area contributed by atoms with E-state index in [-0.39, 0.29) is 5.92 Å². The second kappa shape index (κ2) is 6.97. The molecule has 1 aliphatic rings. The molecule has 1 aliphatic carbocycles. The Morgan fingerprint density at radius 3 is 3.14 bits per heavy atom. The summed E-state index contributed by atoms with van der Waals surface area (Å²) in [4.78, 5) is 0. The van der Waals surface area contributed by atoms with Crippen LogP contribution in [0.25, 0.3) is 0 Å². The number of nitrogens with zero attached hydrogens (tertiary/aromatic N) is 1.